The lowest BCUT2D eigenvalue weighted by Gasteiger charge is -2.24. The molecule has 0 rings (SSSR count). The zero-order valence-electron chi connectivity index (χ0n) is 13.3. The fourth-order valence-electron chi connectivity index (χ4n) is 1.86. The van der Waals surface area contributed by atoms with Crippen LogP contribution in [0.25, 0.3) is 0 Å². The van der Waals surface area contributed by atoms with Crippen LogP contribution in [-0.2, 0) is 0 Å². The van der Waals surface area contributed by atoms with Gasteiger partial charge in [0, 0.05) is 0 Å². The Morgan fingerprint density at radius 3 is 1.76 bits per heavy atom. The van der Waals surface area contributed by atoms with Gasteiger partial charge in [0.1, 0.15) is 0 Å². The first-order valence-electron chi connectivity index (χ1n) is 6.81. The van der Waals surface area contributed by atoms with Crippen molar-refractivity contribution in [2.24, 2.45) is 10.8 Å². The molecule has 17 heavy (non-hydrogen) atoms. The second-order valence-corrected chi connectivity index (χ2v) is 7.64. The quantitative estimate of drug-likeness (QED) is 0.503. The topological polar surface area (TPSA) is 0 Å². The van der Waals surface area contributed by atoms with Gasteiger partial charge >= 0.3 is 0 Å². The zero-order chi connectivity index (χ0) is 13.7. The van der Waals surface area contributed by atoms with Crippen LogP contribution in [0.3, 0.4) is 0 Å². The second kappa shape index (κ2) is 6.42. The predicted molar refractivity (Wildman–Crippen MR) is 80.3 cm³/mol. The monoisotopic (exact) mass is 236 g/mol. The Kier molecular flexibility index (Phi) is 6.23. The summed E-state index contributed by atoms with van der Waals surface area (Å²) in [6.07, 6.45) is 8.34. The molecule has 0 aromatic heterocycles. The van der Waals surface area contributed by atoms with Crippen molar-refractivity contribution in [2.75, 3.05) is 0 Å². The molecule has 0 unspecified atom stereocenters. The first-order chi connectivity index (χ1) is 7.52. The molecule has 0 amide bonds. The maximum atomic E-state index is 2.42. The second-order valence-electron chi connectivity index (χ2n) is 7.64. The number of allylic oxidation sites excluding steroid dienone is 4. The summed E-state index contributed by atoms with van der Waals surface area (Å²) in [5, 5.41) is 0. The molecule has 0 fully saturated rings. The molecule has 0 radical (unpaired) electrons. The van der Waals surface area contributed by atoms with Crippen LogP contribution in [0.1, 0.15) is 74.7 Å². The molecule has 0 heterocycles. The van der Waals surface area contributed by atoms with E-state index in [1.54, 1.807) is 0 Å². The molecule has 0 aromatic carbocycles. The van der Waals surface area contributed by atoms with Crippen molar-refractivity contribution in [3.8, 4) is 0 Å². The third-order valence-electron chi connectivity index (χ3n) is 2.88. The molecule has 0 atom stereocenters. The highest BCUT2D eigenvalue weighted by atomic mass is 14.2. The van der Waals surface area contributed by atoms with Crippen molar-refractivity contribution in [1.29, 1.82) is 0 Å². The van der Waals surface area contributed by atoms with Gasteiger partial charge in [-0.15, -0.1) is 0 Å². The Balaban J connectivity index is 4.36. The standard InChI is InChI=1S/C17H32/c1-14(2)9-12-17(7,8)13-15(3)10-11-16(4,5)6/h9-10H,11-13H2,1-8H3/b15-10+. The van der Waals surface area contributed by atoms with Gasteiger partial charge < -0.3 is 0 Å². The molecule has 100 valence electrons. The molecule has 0 nitrogen and oxygen atoms in total. The van der Waals surface area contributed by atoms with E-state index in [1.165, 1.54) is 30.4 Å². The van der Waals surface area contributed by atoms with Crippen LogP contribution >= 0.6 is 0 Å². The molecule has 0 aliphatic heterocycles. The summed E-state index contributed by atoms with van der Waals surface area (Å²) in [6.45, 7) is 18.2. The Bertz CT molecular complexity index is 278. The van der Waals surface area contributed by atoms with Crippen LogP contribution in [0.2, 0.25) is 0 Å². The van der Waals surface area contributed by atoms with Gasteiger partial charge in [-0.1, -0.05) is 57.9 Å². The molecule has 0 aliphatic carbocycles. The Morgan fingerprint density at radius 1 is 0.824 bits per heavy atom. The van der Waals surface area contributed by atoms with Gasteiger partial charge in [0.15, 0.2) is 0 Å². The highest BCUT2D eigenvalue weighted by molar-refractivity contribution is 5.05. The summed E-state index contributed by atoms with van der Waals surface area (Å²) >= 11 is 0. The van der Waals surface area contributed by atoms with Crippen molar-refractivity contribution in [3.63, 3.8) is 0 Å². The average molecular weight is 236 g/mol. The molecule has 0 saturated carbocycles. The minimum atomic E-state index is 0.385. The Labute approximate surface area is 109 Å². The van der Waals surface area contributed by atoms with Crippen LogP contribution in [0, 0.1) is 10.8 Å². The summed E-state index contributed by atoms with van der Waals surface area (Å²) in [6, 6.07) is 0. The van der Waals surface area contributed by atoms with Crippen molar-refractivity contribution in [1.82, 2.24) is 0 Å². The predicted octanol–water partition coefficient (Wildman–Crippen LogP) is 6.14. The van der Waals surface area contributed by atoms with E-state index in [0.29, 0.717) is 10.8 Å². The van der Waals surface area contributed by atoms with E-state index in [9.17, 15) is 0 Å². The molecular formula is C17H32. The summed E-state index contributed by atoms with van der Waals surface area (Å²) in [7, 11) is 0. The van der Waals surface area contributed by atoms with Crippen LogP contribution < -0.4 is 0 Å². The van der Waals surface area contributed by atoms with E-state index in [1.807, 2.05) is 0 Å². The van der Waals surface area contributed by atoms with E-state index in [4.69, 9.17) is 0 Å². The molecule has 0 bridgehead atoms. The molecule has 0 N–H and O–H groups in total. The lowest BCUT2D eigenvalue weighted by molar-refractivity contribution is 0.363. The van der Waals surface area contributed by atoms with E-state index in [2.05, 4.69) is 67.5 Å². The van der Waals surface area contributed by atoms with Crippen LogP contribution in [0.4, 0.5) is 0 Å². The van der Waals surface area contributed by atoms with Crippen LogP contribution in [0.15, 0.2) is 23.3 Å². The smallest absolute Gasteiger partial charge is 0.0268 e. The largest absolute Gasteiger partial charge is 0.0853 e. The van der Waals surface area contributed by atoms with Gasteiger partial charge in [-0.25, -0.2) is 0 Å². The van der Waals surface area contributed by atoms with E-state index >= 15 is 0 Å². The SMILES string of the molecule is CC(C)=CCC(C)(C)C/C(C)=C/CC(C)(C)C. The van der Waals surface area contributed by atoms with Crippen molar-refractivity contribution >= 4 is 0 Å². The van der Waals surface area contributed by atoms with Gasteiger partial charge in [-0.2, -0.15) is 0 Å². The Hall–Kier alpha value is -0.520. The van der Waals surface area contributed by atoms with E-state index in [-0.39, 0.29) is 0 Å². The lowest BCUT2D eigenvalue weighted by atomic mass is 9.81. The van der Waals surface area contributed by atoms with Crippen molar-refractivity contribution in [3.05, 3.63) is 23.3 Å². The maximum absolute atomic E-state index is 2.42. The molecule has 0 aliphatic rings. The van der Waals surface area contributed by atoms with Crippen molar-refractivity contribution in [2.45, 2.75) is 74.7 Å². The van der Waals surface area contributed by atoms with Gasteiger partial charge in [0.05, 0.1) is 0 Å². The fraction of sp³-hybridized carbons (Fsp3) is 0.765. The minimum absolute atomic E-state index is 0.385. The minimum Gasteiger partial charge on any atom is -0.0853 e. The number of hydrogen-bond donors (Lipinski definition) is 0. The zero-order valence-corrected chi connectivity index (χ0v) is 13.3. The van der Waals surface area contributed by atoms with Gasteiger partial charge in [-0.3, -0.25) is 0 Å². The number of hydrogen-bond acceptors (Lipinski definition) is 0. The van der Waals surface area contributed by atoms with Gasteiger partial charge in [-0.05, 0) is 50.9 Å². The van der Waals surface area contributed by atoms with Crippen molar-refractivity contribution < 1.29 is 0 Å². The first-order valence-corrected chi connectivity index (χ1v) is 6.81. The van der Waals surface area contributed by atoms with Crippen LogP contribution in [0.5, 0.6) is 0 Å². The summed E-state index contributed by atoms with van der Waals surface area (Å²) < 4.78 is 0. The summed E-state index contributed by atoms with van der Waals surface area (Å²) in [4.78, 5) is 0. The molecule has 0 saturated heterocycles. The molecule has 0 aromatic rings. The highest BCUT2D eigenvalue weighted by Gasteiger charge is 2.17. The fourth-order valence-corrected chi connectivity index (χ4v) is 1.86. The Morgan fingerprint density at radius 2 is 1.35 bits per heavy atom. The lowest BCUT2D eigenvalue weighted by Crippen LogP contribution is -2.11. The highest BCUT2D eigenvalue weighted by Crippen LogP contribution is 2.31. The molecule has 0 heteroatoms. The van der Waals surface area contributed by atoms with Gasteiger partial charge in [0.25, 0.3) is 0 Å². The average Bonchev–Trinajstić information content (AvgIpc) is 2.10. The van der Waals surface area contributed by atoms with E-state index < -0.39 is 0 Å². The third kappa shape index (κ3) is 10.4. The number of rotatable bonds is 5. The van der Waals surface area contributed by atoms with E-state index in [0.717, 1.165) is 0 Å². The normalized spacial score (nSPS) is 13.8. The summed E-state index contributed by atoms with van der Waals surface area (Å²) in [5.41, 5.74) is 3.75. The van der Waals surface area contributed by atoms with Crippen LogP contribution in [-0.4, -0.2) is 0 Å². The maximum Gasteiger partial charge on any atom is -0.0268 e. The van der Waals surface area contributed by atoms with Gasteiger partial charge in [0.2, 0.25) is 0 Å². The third-order valence-corrected chi connectivity index (χ3v) is 2.88. The molecular weight excluding hydrogens is 204 g/mol. The first kappa shape index (κ1) is 16.5. The summed E-state index contributed by atoms with van der Waals surface area (Å²) in [5.74, 6) is 0. The molecule has 0 spiro atoms.